The normalized spacial score (nSPS) is 11.1. The molecule has 0 bridgehead atoms. The number of nitrogens with one attached hydrogen (secondary N) is 1. The monoisotopic (exact) mass is 601 g/mol. The zero-order chi connectivity index (χ0) is 25.6. The van der Waals surface area contributed by atoms with E-state index in [-0.39, 0.29) is 17.4 Å². The molecule has 4 nitrogen and oxygen atoms in total. The van der Waals surface area contributed by atoms with E-state index in [0.29, 0.717) is 19.4 Å². The van der Waals surface area contributed by atoms with Gasteiger partial charge in [-0.3, -0.25) is 4.79 Å². The number of unbranched alkanes of at least 4 members (excludes halogenated alkanes) is 18. The highest BCUT2D eigenvalue weighted by Crippen LogP contribution is 2.29. The summed E-state index contributed by atoms with van der Waals surface area (Å²) in [7, 11) is 0. The summed E-state index contributed by atoms with van der Waals surface area (Å²) in [4.78, 5) is 12.0. The van der Waals surface area contributed by atoms with Crippen LogP contribution in [0.4, 0.5) is 0 Å². The maximum Gasteiger partial charge on any atom is 0.220 e. The average molecular weight is 602 g/mol. The Kier molecular flexibility index (Phi) is 20.4. The van der Waals surface area contributed by atoms with Gasteiger partial charge in [0.25, 0.3) is 0 Å². The fourth-order valence-electron chi connectivity index (χ4n) is 4.58. The second kappa shape index (κ2) is 22.2. The molecule has 0 aromatic heterocycles. The Bertz CT molecular complexity index is 665. The van der Waals surface area contributed by atoms with Gasteiger partial charge < -0.3 is 15.5 Å². The largest absolute Gasteiger partial charge is 0.504 e. The van der Waals surface area contributed by atoms with Crippen LogP contribution in [0.3, 0.4) is 0 Å². The number of carbonyl (C=O) groups excluding carboxylic acids is 1. The maximum absolute atomic E-state index is 12.0. The molecule has 0 aliphatic heterocycles. The number of halogens is 1. The maximum atomic E-state index is 12.0. The van der Waals surface area contributed by atoms with E-state index >= 15 is 0 Å². The fraction of sp³-hybridized carbons (Fsp3) is 0.767. The second-order valence-corrected chi connectivity index (χ2v) is 11.3. The molecule has 0 unspecified atom stereocenters. The van der Waals surface area contributed by atoms with Gasteiger partial charge in [-0.25, -0.2) is 0 Å². The average Bonchev–Trinajstić information content (AvgIpc) is 2.83. The standard InChI is InChI=1S/C30H52INO3/c1-2-3-4-5-6-7-8-9-10-11-12-13-14-15-16-17-18-19-20-21-30(35)32-23-22-26-24-28(33)29(34)25-27(26)31/h24-25,33-34H,2-23H2,1H3,(H,32,35). The minimum atomic E-state index is -0.110. The van der Waals surface area contributed by atoms with Crippen LogP contribution in [0.1, 0.15) is 141 Å². The van der Waals surface area contributed by atoms with Crippen LogP contribution in [-0.2, 0) is 11.2 Å². The summed E-state index contributed by atoms with van der Waals surface area (Å²) in [5.41, 5.74) is 0.935. The molecule has 3 N–H and O–H groups in total. The topological polar surface area (TPSA) is 69.6 Å². The van der Waals surface area contributed by atoms with Crippen LogP contribution < -0.4 is 5.32 Å². The number of amides is 1. The van der Waals surface area contributed by atoms with Crippen molar-refractivity contribution in [2.24, 2.45) is 0 Å². The molecule has 1 rings (SSSR count). The number of hydrogen-bond donors (Lipinski definition) is 3. The van der Waals surface area contributed by atoms with Gasteiger partial charge in [-0.05, 0) is 53.1 Å². The predicted octanol–water partition coefficient (Wildman–Crippen LogP) is 9.18. The fourth-order valence-corrected chi connectivity index (χ4v) is 5.30. The van der Waals surface area contributed by atoms with Crippen LogP contribution in [0.15, 0.2) is 12.1 Å². The van der Waals surface area contributed by atoms with E-state index in [4.69, 9.17) is 0 Å². The molecule has 0 radical (unpaired) electrons. The Hall–Kier alpha value is -0.980. The zero-order valence-corrected chi connectivity index (χ0v) is 24.5. The smallest absolute Gasteiger partial charge is 0.220 e. The molecule has 35 heavy (non-hydrogen) atoms. The lowest BCUT2D eigenvalue weighted by atomic mass is 10.0. The highest BCUT2D eigenvalue weighted by atomic mass is 127. The third-order valence-electron chi connectivity index (χ3n) is 6.87. The first-order chi connectivity index (χ1) is 17.0. The van der Waals surface area contributed by atoms with Gasteiger partial charge in [0.05, 0.1) is 0 Å². The van der Waals surface area contributed by atoms with Crippen molar-refractivity contribution < 1.29 is 15.0 Å². The van der Waals surface area contributed by atoms with Gasteiger partial charge >= 0.3 is 0 Å². The number of rotatable bonds is 23. The first-order valence-corrected chi connectivity index (χ1v) is 15.6. The van der Waals surface area contributed by atoms with E-state index in [9.17, 15) is 15.0 Å². The van der Waals surface area contributed by atoms with Gasteiger partial charge in [0.1, 0.15) is 0 Å². The highest BCUT2D eigenvalue weighted by molar-refractivity contribution is 14.1. The van der Waals surface area contributed by atoms with E-state index < -0.39 is 0 Å². The van der Waals surface area contributed by atoms with Crippen molar-refractivity contribution >= 4 is 28.5 Å². The van der Waals surface area contributed by atoms with E-state index in [0.717, 1.165) is 22.0 Å². The van der Waals surface area contributed by atoms with Gasteiger partial charge in [-0.1, -0.05) is 122 Å². The predicted molar refractivity (Wildman–Crippen MR) is 157 cm³/mol. The van der Waals surface area contributed by atoms with Crippen LogP contribution >= 0.6 is 22.6 Å². The summed E-state index contributed by atoms with van der Waals surface area (Å²) in [6.45, 7) is 2.84. The summed E-state index contributed by atoms with van der Waals surface area (Å²) in [5.74, 6) is -0.109. The molecule has 0 heterocycles. The summed E-state index contributed by atoms with van der Waals surface area (Å²) in [6.07, 6.45) is 27.0. The number of hydrogen-bond acceptors (Lipinski definition) is 3. The molecular weight excluding hydrogens is 549 g/mol. The molecule has 1 amide bonds. The van der Waals surface area contributed by atoms with Crippen molar-refractivity contribution in [1.29, 1.82) is 0 Å². The molecule has 0 fully saturated rings. The number of benzene rings is 1. The summed E-state index contributed by atoms with van der Waals surface area (Å²) in [5, 5.41) is 22.1. The molecule has 1 aromatic carbocycles. The Morgan fingerprint density at radius 3 is 1.54 bits per heavy atom. The molecular formula is C30H52INO3. The Morgan fingerprint density at radius 1 is 0.686 bits per heavy atom. The first kappa shape index (κ1) is 32.0. The molecule has 0 saturated heterocycles. The van der Waals surface area contributed by atoms with Crippen LogP contribution in [0.25, 0.3) is 0 Å². The lowest BCUT2D eigenvalue weighted by molar-refractivity contribution is -0.121. The van der Waals surface area contributed by atoms with Gasteiger partial charge in [0, 0.05) is 16.5 Å². The minimum absolute atomic E-state index is 0.105. The van der Waals surface area contributed by atoms with Gasteiger partial charge in [-0.15, -0.1) is 0 Å². The molecule has 0 atom stereocenters. The Balaban J connectivity index is 1.81. The number of phenols is 2. The van der Waals surface area contributed by atoms with Gasteiger partial charge in [-0.2, -0.15) is 0 Å². The van der Waals surface area contributed by atoms with Gasteiger partial charge in [0.15, 0.2) is 11.5 Å². The lowest BCUT2D eigenvalue weighted by Crippen LogP contribution is -2.25. The number of carbonyl (C=O) groups is 1. The third-order valence-corrected chi connectivity index (χ3v) is 7.87. The van der Waals surface area contributed by atoms with Crippen molar-refractivity contribution in [1.82, 2.24) is 5.32 Å². The van der Waals surface area contributed by atoms with Crippen molar-refractivity contribution in [2.75, 3.05) is 6.54 Å². The van der Waals surface area contributed by atoms with Crippen molar-refractivity contribution in [3.8, 4) is 11.5 Å². The SMILES string of the molecule is CCCCCCCCCCCCCCCCCCCCCC(=O)NCCc1cc(O)c(O)cc1I. The Morgan fingerprint density at radius 2 is 1.09 bits per heavy atom. The zero-order valence-electron chi connectivity index (χ0n) is 22.4. The molecule has 0 aliphatic rings. The molecule has 5 heteroatoms. The number of aromatic hydroxyl groups is 2. The van der Waals surface area contributed by atoms with Crippen LogP contribution in [0, 0.1) is 3.57 Å². The van der Waals surface area contributed by atoms with Crippen molar-refractivity contribution in [3.63, 3.8) is 0 Å². The first-order valence-electron chi connectivity index (χ1n) is 14.5. The van der Waals surface area contributed by atoms with E-state index in [1.807, 2.05) is 0 Å². The van der Waals surface area contributed by atoms with Crippen LogP contribution in [-0.4, -0.2) is 22.7 Å². The summed E-state index contributed by atoms with van der Waals surface area (Å²) >= 11 is 2.13. The highest BCUT2D eigenvalue weighted by Gasteiger charge is 2.07. The van der Waals surface area contributed by atoms with Gasteiger partial charge in [0.2, 0.25) is 5.91 Å². The van der Waals surface area contributed by atoms with E-state index in [2.05, 4.69) is 34.8 Å². The minimum Gasteiger partial charge on any atom is -0.504 e. The second-order valence-electron chi connectivity index (χ2n) is 10.1. The van der Waals surface area contributed by atoms with Crippen LogP contribution in [0.2, 0.25) is 0 Å². The van der Waals surface area contributed by atoms with E-state index in [1.54, 1.807) is 12.1 Å². The molecule has 0 aliphatic carbocycles. The molecule has 1 aromatic rings. The Labute approximate surface area is 229 Å². The van der Waals surface area contributed by atoms with E-state index in [1.165, 1.54) is 109 Å². The summed E-state index contributed by atoms with van der Waals surface area (Å²) in [6, 6.07) is 3.12. The van der Waals surface area contributed by atoms with Crippen molar-refractivity contribution in [2.45, 2.75) is 142 Å². The lowest BCUT2D eigenvalue weighted by Gasteiger charge is -2.08. The van der Waals surface area contributed by atoms with Crippen molar-refractivity contribution in [3.05, 3.63) is 21.3 Å². The molecule has 0 saturated carbocycles. The van der Waals surface area contributed by atoms with Crippen LogP contribution in [0.5, 0.6) is 11.5 Å². The quantitative estimate of drug-likeness (QED) is 0.0666. The number of phenolic OH excluding ortho intramolecular Hbond substituents is 2. The molecule has 0 spiro atoms. The summed E-state index contributed by atoms with van der Waals surface area (Å²) < 4.78 is 0.894. The third kappa shape index (κ3) is 18.0. The molecule has 202 valence electrons.